The summed E-state index contributed by atoms with van der Waals surface area (Å²) in [7, 11) is 0. The number of hydrogen-bond donors (Lipinski definition) is 4. The minimum atomic E-state index is -5.08. The van der Waals surface area contributed by atoms with Gasteiger partial charge in [-0.1, -0.05) is 6.07 Å². The molecule has 0 aliphatic carbocycles. The second kappa shape index (κ2) is 11.6. The van der Waals surface area contributed by atoms with Crippen molar-refractivity contribution in [2.75, 3.05) is 25.0 Å². The molecule has 4 N–H and O–H groups in total. The molecule has 0 aromatic heterocycles. The Morgan fingerprint density at radius 2 is 1.79 bits per heavy atom. The first kappa shape index (κ1) is 26.1. The number of fused-ring (bicyclic) bond motifs is 1. The fourth-order valence-corrected chi connectivity index (χ4v) is 3.60. The molecule has 0 radical (unpaired) electrons. The predicted molar refractivity (Wildman–Crippen MR) is 111 cm³/mol. The number of carboxylic acid groups (broad SMARTS) is 2. The van der Waals surface area contributed by atoms with Gasteiger partial charge in [0.15, 0.2) is 0 Å². The van der Waals surface area contributed by atoms with Gasteiger partial charge in [0.2, 0.25) is 5.91 Å². The van der Waals surface area contributed by atoms with Crippen molar-refractivity contribution in [3.05, 3.63) is 29.3 Å². The van der Waals surface area contributed by atoms with Crippen LogP contribution >= 0.6 is 0 Å². The molecule has 2 amide bonds. The number of nitrogens with one attached hydrogen (secondary N) is 2. The van der Waals surface area contributed by atoms with Crippen LogP contribution in [0.2, 0.25) is 0 Å². The standard InChI is InChI=1S/C19H25N3O4.C2HF3O2/c23-17(10-13-5-7-20-8-6-13)21-15-4-3-14-12-22(9-1-2-18(24)25)19(26)16(14)11-15;3-2(4,5)1(6)7/h3-4,11,13,20H,1-2,5-10,12H2,(H,21,23)(H,24,25);(H,6,7). The van der Waals surface area contributed by atoms with Gasteiger partial charge in [-0.2, -0.15) is 13.2 Å². The molecular formula is C21H26F3N3O6. The number of aliphatic carboxylic acids is 2. The number of benzene rings is 1. The lowest BCUT2D eigenvalue weighted by atomic mass is 9.94. The Labute approximate surface area is 187 Å². The number of piperidine rings is 1. The van der Waals surface area contributed by atoms with Crippen molar-refractivity contribution >= 4 is 29.4 Å². The highest BCUT2D eigenvalue weighted by Gasteiger charge is 2.38. The number of alkyl halides is 3. The Morgan fingerprint density at radius 1 is 1.15 bits per heavy atom. The van der Waals surface area contributed by atoms with Crippen LogP contribution in [0.25, 0.3) is 0 Å². The van der Waals surface area contributed by atoms with Gasteiger partial charge < -0.3 is 25.7 Å². The first-order valence-corrected chi connectivity index (χ1v) is 10.4. The molecule has 0 bridgehead atoms. The van der Waals surface area contributed by atoms with E-state index in [-0.39, 0.29) is 18.2 Å². The van der Waals surface area contributed by atoms with E-state index in [9.17, 15) is 27.6 Å². The average Bonchev–Trinajstić information content (AvgIpc) is 3.03. The van der Waals surface area contributed by atoms with Crippen molar-refractivity contribution in [3.8, 4) is 0 Å². The van der Waals surface area contributed by atoms with Crippen molar-refractivity contribution in [1.82, 2.24) is 10.2 Å². The summed E-state index contributed by atoms with van der Waals surface area (Å²) in [5.41, 5.74) is 2.16. The summed E-state index contributed by atoms with van der Waals surface area (Å²) in [6.45, 7) is 2.85. The maximum atomic E-state index is 12.5. The molecule has 1 aromatic rings. The molecule has 0 atom stereocenters. The number of carbonyl (C=O) groups excluding carboxylic acids is 2. The first-order chi connectivity index (χ1) is 15.5. The zero-order valence-electron chi connectivity index (χ0n) is 17.8. The Balaban J connectivity index is 0.000000479. The van der Waals surface area contributed by atoms with Crippen LogP contribution in [0, 0.1) is 5.92 Å². The topological polar surface area (TPSA) is 136 Å². The predicted octanol–water partition coefficient (Wildman–Crippen LogP) is 2.47. The number of nitrogens with zero attached hydrogens (tertiary/aromatic N) is 1. The molecule has 182 valence electrons. The maximum absolute atomic E-state index is 12.5. The monoisotopic (exact) mass is 473 g/mol. The van der Waals surface area contributed by atoms with E-state index in [0.29, 0.717) is 43.1 Å². The molecule has 1 saturated heterocycles. The largest absolute Gasteiger partial charge is 0.490 e. The molecule has 33 heavy (non-hydrogen) atoms. The number of rotatable bonds is 7. The molecule has 0 spiro atoms. The molecule has 2 heterocycles. The van der Waals surface area contributed by atoms with E-state index < -0.39 is 18.1 Å². The Morgan fingerprint density at radius 3 is 2.36 bits per heavy atom. The van der Waals surface area contributed by atoms with Crippen LogP contribution in [0.4, 0.5) is 18.9 Å². The van der Waals surface area contributed by atoms with Gasteiger partial charge in [-0.3, -0.25) is 14.4 Å². The van der Waals surface area contributed by atoms with Gasteiger partial charge in [0, 0.05) is 37.2 Å². The van der Waals surface area contributed by atoms with Crippen molar-refractivity contribution in [3.63, 3.8) is 0 Å². The lowest BCUT2D eigenvalue weighted by Gasteiger charge is -2.21. The molecule has 2 aliphatic heterocycles. The quantitative estimate of drug-likeness (QED) is 0.478. The zero-order valence-corrected chi connectivity index (χ0v) is 17.8. The second-order valence-electron chi connectivity index (χ2n) is 7.84. The molecule has 12 heteroatoms. The van der Waals surface area contributed by atoms with Crippen molar-refractivity contribution in [2.45, 2.75) is 44.8 Å². The van der Waals surface area contributed by atoms with Crippen LogP contribution in [0.5, 0.6) is 0 Å². The lowest BCUT2D eigenvalue weighted by molar-refractivity contribution is -0.192. The summed E-state index contributed by atoms with van der Waals surface area (Å²) in [4.78, 5) is 45.9. The normalized spacial score (nSPS) is 16.0. The summed E-state index contributed by atoms with van der Waals surface area (Å²) in [6.07, 6.45) is -2.05. The second-order valence-corrected chi connectivity index (χ2v) is 7.84. The molecule has 2 aliphatic rings. The summed E-state index contributed by atoms with van der Waals surface area (Å²) < 4.78 is 31.7. The number of anilines is 1. The van der Waals surface area contributed by atoms with Crippen LogP contribution in [0.3, 0.4) is 0 Å². The smallest absolute Gasteiger partial charge is 0.481 e. The van der Waals surface area contributed by atoms with Crippen LogP contribution in [0.1, 0.15) is 48.0 Å². The van der Waals surface area contributed by atoms with Crippen LogP contribution < -0.4 is 10.6 Å². The van der Waals surface area contributed by atoms with Gasteiger partial charge in [0.05, 0.1) is 0 Å². The third kappa shape index (κ3) is 8.37. The van der Waals surface area contributed by atoms with Gasteiger partial charge in [-0.15, -0.1) is 0 Å². The molecule has 0 unspecified atom stereocenters. The van der Waals surface area contributed by atoms with E-state index in [1.165, 1.54) is 0 Å². The van der Waals surface area contributed by atoms with Gasteiger partial charge >= 0.3 is 18.1 Å². The van der Waals surface area contributed by atoms with Crippen LogP contribution in [-0.4, -0.2) is 64.7 Å². The van der Waals surface area contributed by atoms with Crippen LogP contribution in [-0.2, 0) is 20.9 Å². The van der Waals surface area contributed by atoms with E-state index >= 15 is 0 Å². The molecule has 1 aromatic carbocycles. The van der Waals surface area contributed by atoms with Gasteiger partial charge in [-0.05, 0) is 56.0 Å². The van der Waals surface area contributed by atoms with Crippen molar-refractivity contribution in [1.29, 1.82) is 0 Å². The molecule has 9 nitrogen and oxygen atoms in total. The molecule has 0 saturated carbocycles. The van der Waals surface area contributed by atoms with Gasteiger partial charge in [0.1, 0.15) is 0 Å². The number of carboxylic acids is 2. The third-order valence-electron chi connectivity index (χ3n) is 5.27. The first-order valence-electron chi connectivity index (χ1n) is 10.4. The Kier molecular flexibility index (Phi) is 9.21. The molecule has 1 fully saturated rings. The fourth-order valence-electron chi connectivity index (χ4n) is 3.60. The highest BCUT2D eigenvalue weighted by atomic mass is 19.4. The SMILES string of the molecule is O=C(O)C(F)(F)F.O=C(O)CCCN1Cc2ccc(NC(=O)CC3CCNCC3)cc2C1=O. The molecular weight excluding hydrogens is 447 g/mol. The maximum Gasteiger partial charge on any atom is 0.490 e. The van der Waals surface area contributed by atoms with Crippen LogP contribution in [0.15, 0.2) is 18.2 Å². The number of carbonyl (C=O) groups is 4. The number of halogens is 3. The zero-order chi connectivity index (χ0) is 24.6. The lowest BCUT2D eigenvalue weighted by Crippen LogP contribution is -2.30. The summed E-state index contributed by atoms with van der Waals surface area (Å²) in [6, 6.07) is 5.42. The minimum Gasteiger partial charge on any atom is -0.481 e. The summed E-state index contributed by atoms with van der Waals surface area (Å²) in [5, 5.41) is 22.0. The number of hydrogen-bond acceptors (Lipinski definition) is 5. The minimum absolute atomic E-state index is 0.0133. The van der Waals surface area contributed by atoms with E-state index in [1.54, 1.807) is 11.0 Å². The van der Waals surface area contributed by atoms with Crippen molar-refractivity contribution in [2.24, 2.45) is 5.92 Å². The highest BCUT2D eigenvalue weighted by Crippen LogP contribution is 2.26. The van der Waals surface area contributed by atoms with Gasteiger partial charge in [-0.25, -0.2) is 4.79 Å². The van der Waals surface area contributed by atoms with Gasteiger partial charge in [0.25, 0.3) is 5.91 Å². The van der Waals surface area contributed by atoms with E-state index in [1.807, 2.05) is 12.1 Å². The Hall–Kier alpha value is -3.15. The van der Waals surface area contributed by atoms with Crippen molar-refractivity contribution < 1.29 is 42.6 Å². The average molecular weight is 473 g/mol. The number of amides is 2. The summed E-state index contributed by atoms with van der Waals surface area (Å²) in [5.74, 6) is -3.31. The van der Waals surface area contributed by atoms with E-state index in [2.05, 4.69) is 10.6 Å². The van der Waals surface area contributed by atoms with E-state index in [4.69, 9.17) is 15.0 Å². The highest BCUT2D eigenvalue weighted by molar-refractivity contribution is 6.00. The summed E-state index contributed by atoms with van der Waals surface area (Å²) >= 11 is 0. The fraction of sp³-hybridized carbons (Fsp3) is 0.524. The van der Waals surface area contributed by atoms with E-state index in [0.717, 1.165) is 31.5 Å². The molecule has 3 rings (SSSR count). The third-order valence-corrected chi connectivity index (χ3v) is 5.27. The Bertz CT molecular complexity index is 884.